The molecule has 1 aliphatic rings. The van der Waals surface area contributed by atoms with Crippen LogP contribution in [0, 0.1) is 11.3 Å². The number of nitriles is 1. The fourth-order valence-corrected chi connectivity index (χ4v) is 4.28. The fraction of sp³-hybridized carbons (Fsp3) is 0.500. The zero-order valence-electron chi connectivity index (χ0n) is 11.6. The smallest absolute Gasteiger partial charge is 0.314 e. The summed E-state index contributed by atoms with van der Waals surface area (Å²) in [5.74, 6) is 0.0396. The highest BCUT2D eigenvalue weighted by atomic mass is 35.5. The summed E-state index contributed by atoms with van der Waals surface area (Å²) in [6, 6.07) is 6.16. The summed E-state index contributed by atoms with van der Waals surface area (Å²) >= 11 is 5.95. The molecule has 0 N–H and O–H groups in total. The van der Waals surface area contributed by atoms with Gasteiger partial charge in [0.25, 0.3) is 0 Å². The summed E-state index contributed by atoms with van der Waals surface area (Å²) in [6.07, 6.45) is 1.68. The molecule has 1 saturated carbocycles. The van der Waals surface area contributed by atoms with Crippen molar-refractivity contribution >= 4 is 21.7 Å². The van der Waals surface area contributed by atoms with Gasteiger partial charge in [0.2, 0.25) is 0 Å². The topological polar surface area (TPSA) is 76.4 Å². The van der Waals surface area contributed by atoms with Gasteiger partial charge in [-0.1, -0.05) is 11.6 Å². The molecular weight excluding hydrogens is 314 g/mol. The van der Waals surface area contributed by atoms with Gasteiger partial charge in [0.1, 0.15) is 5.25 Å². The van der Waals surface area contributed by atoms with E-state index in [9.17, 15) is 8.42 Å². The van der Waals surface area contributed by atoms with Gasteiger partial charge >= 0.3 is 10.1 Å². The monoisotopic (exact) mass is 329 g/mol. The van der Waals surface area contributed by atoms with E-state index >= 15 is 0 Å². The molecule has 0 aromatic heterocycles. The lowest BCUT2D eigenvalue weighted by molar-refractivity contribution is 0.0691. The molecule has 0 aliphatic heterocycles. The fourth-order valence-electron chi connectivity index (χ4n) is 2.45. The molecule has 1 aliphatic carbocycles. The van der Waals surface area contributed by atoms with Crippen LogP contribution in [0.4, 0.5) is 0 Å². The van der Waals surface area contributed by atoms with E-state index in [0.717, 1.165) is 6.42 Å². The van der Waals surface area contributed by atoms with Crippen LogP contribution in [0.5, 0.6) is 5.75 Å². The molecule has 0 radical (unpaired) electrons. The predicted molar refractivity (Wildman–Crippen MR) is 78.8 cm³/mol. The SMILES string of the molecule is CCOC1CCCC1S(=O)(=O)Oc1ccc(C#N)cc1Cl. The molecule has 5 nitrogen and oxygen atoms in total. The van der Waals surface area contributed by atoms with Crippen molar-refractivity contribution in [1.29, 1.82) is 5.26 Å². The highest BCUT2D eigenvalue weighted by Gasteiger charge is 2.39. The van der Waals surface area contributed by atoms with Gasteiger partial charge in [-0.05, 0) is 44.4 Å². The molecule has 0 bridgehead atoms. The Kier molecular flexibility index (Phi) is 5.09. The standard InChI is InChI=1S/C14H16ClNO4S/c1-2-19-13-4-3-5-14(13)21(17,18)20-12-7-6-10(9-16)8-11(12)15/h6-8,13-14H,2-5H2,1H3. The molecule has 7 heteroatoms. The molecule has 0 amide bonds. The number of benzene rings is 1. The van der Waals surface area contributed by atoms with Gasteiger partial charge in [-0.15, -0.1) is 0 Å². The molecule has 1 aromatic rings. The van der Waals surface area contributed by atoms with Crippen LogP contribution < -0.4 is 4.18 Å². The Bertz CT molecular complexity index is 653. The average Bonchev–Trinajstić information content (AvgIpc) is 2.90. The van der Waals surface area contributed by atoms with Gasteiger partial charge in [0, 0.05) is 6.61 Å². The molecule has 0 spiro atoms. The molecule has 1 fully saturated rings. The van der Waals surface area contributed by atoms with Gasteiger partial charge in [-0.25, -0.2) is 0 Å². The van der Waals surface area contributed by atoms with Crippen LogP contribution >= 0.6 is 11.6 Å². The highest BCUT2D eigenvalue weighted by molar-refractivity contribution is 7.87. The normalized spacial score (nSPS) is 22.0. The number of nitrogens with zero attached hydrogens (tertiary/aromatic N) is 1. The lowest BCUT2D eigenvalue weighted by Crippen LogP contribution is -2.34. The van der Waals surface area contributed by atoms with E-state index < -0.39 is 15.4 Å². The Hall–Kier alpha value is -1.29. The van der Waals surface area contributed by atoms with Crippen LogP contribution in [0.15, 0.2) is 18.2 Å². The minimum absolute atomic E-state index is 0.0396. The first-order chi connectivity index (χ1) is 9.97. The molecule has 0 saturated heterocycles. The number of halogens is 1. The number of ether oxygens (including phenoxy) is 1. The lowest BCUT2D eigenvalue weighted by Gasteiger charge is -2.20. The Balaban J connectivity index is 2.20. The van der Waals surface area contributed by atoms with E-state index in [-0.39, 0.29) is 16.9 Å². The highest BCUT2D eigenvalue weighted by Crippen LogP contribution is 2.32. The zero-order valence-corrected chi connectivity index (χ0v) is 13.2. The van der Waals surface area contributed by atoms with Crippen molar-refractivity contribution in [3.8, 4) is 11.8 Å². The minimum Gasteiger partial charge on any atom is -0.381 e. The molecule has 114 valence electrons. The van der Waals surface area contributed by atoms with Crippen LogP contribution in [-0.4, -0.2) is 26.4 Å². The van der Waals surface area contributed by atoms with Crippen LogP contribution in [0.1, 0.15) is 31.7 Å². The quantitative estimate of drug-likeness (QED) is 0.776. The summed E-state index contributed by atoms with van der Waals surface area (Å²) in [4.78, 5) is 0. The molecule has 21 heavy (non-hydrogen) atoms. The first-order valence-corrected chi connectivity index (χ1v) is 8.57. The van der Waals surface area contributed by atoms with E-state index in [1.807, 2.05) is 13.0 Å². The Morgan fingerprint density at radius 1 is 1.43 bits per heavy atom. The summed E-state index contributed by atoms with van der Waals surface area (Å²) in [5.41, 5.74) is 0.345. The molecular formula is C14H16ClNO4S. The van der Waals surface area contributed by atoms with Crippen LogP contribution in [0.2, 0.25) is 5.02 Å². The second-order valence-corrected chi connectivity index (χ2v) is 6.96. The summed E-state index contributed by atoms with van der Waals surface area (Å²) < 4.78 is 35.4. The van der Waals surface area contributed by atoms with E-state index in [1.165, 1.54) is 18.2 Å². The number of hydrogen-bond donors (Lipinski definition) is 0. The Morgan fingerprint density at radius 2 is 2.19 bits per heavy atom. The molecule has 0 heterocycles. The van der Waals surface area contributed by atoms with Crippen molar-refractivity contribution in [2.75, 3.05) is 6.61 Å². The molecule has 2 atom stereocenters. The first kappa shape index (κ1) is 16.1. The maximum absolute atomic E-state index is 12.4. The van der Waals surface area contributed by atoms with Crippen molar-refractivity contribution in [1.82, 2.24) is 0 Å². The Morgan fingerprint density at radius 3 is 2.81 bits per heavy atom. The first-order valence-electron chi connectivity index (χ1n) is 6.72. The summed E-state index contributed by atoms with van der Waals surface area (Å²) in [6.45, 7) is 2.30. The van der Waals surface area contributed by atoms with Crippen molar-refractivity contribution in [2.45, 2.75) is 37.5 Å². The van der Waals surface area contributed by atoms with Gasteiger partial charge in [-0.3, -0.25) is 0 Å². The number of hydrogen-bond acceptors (Lipinski definition) is 5. The van der Waals surface area contributed by atoms with Crippen molar-refractivity contribution in [3.63, 3.8) is 0 Å². The third-order valence-electron chi connectivity index (χ3n) is 3.41. The molecule has 2 rings (SSSR count). The summed E-state index contributed by atoms with van der Waals surface area (Å²) in [7, 11) is -3.82. The van der Waals surface area contributed by atoms with Gasteiger partial charge in [-0.2, -0.15) is 13.7 Å². The lowest BCUT2D eigenvalue weighted by atomic mass is 10.2. The number of rotatable bonds is 5. The second kappa shape index (κ2) is 6.65. The van der Waals surface area contributed by atoms with Crippen LogP contribution in [0.25, 0.3) is 0 Å². The largest absolute Gasteiger partial charge is 0.381 e. The van der Waals surface area contributed by atoms with E-state index in [2.05, 4.69) is 0 Å². The van der Waals surface area contributed by atoms with Crippen molar-refractivity contribution < 1.29 is 17.3 Å². The van der Waals surface area contributed by atoms with Crippen LogP contribution in [0.3, 0.4) is 0 Å². The van der Waals surface area contributed by atoms with Gasteiger partial charge in [0.05, 0.1) is 22.8 Å². The minimum atomic E-state index is -3.82. The third kappa shape index (κ3) is 3.67. The average molecular weight is 330 g/mol. The maximum Gasteiger partial charge on any atom is 0.314 e. The van der Waals surface area contributed by atoms with E-state index in [1.54, 1.807) is 0 Å². The van der Waals surface area contributed by atoms with Crippen molar-refractivity contribution in [3.05, 3.63) is 28.8 Å². The predicted octanol–water partition coefficient (Wildman–Crippen LogP) is 2.88. The molecule has 2 unspecified atom stereocenters. The summed E-state index contributed by atoms with van der Waals surface area (Å²) in [5, 5.41) is 8.19. The third-order valence-corrected chi connectivity index (χ3v) is 5.40. The van der Waals surface area contributed by atoms with E-state index in [4.69, 9.17) is 25.8 Å². The second-order valence-electron chi connectivity index (χ2n) is 4.80. The van der Waals surface area contributed by atoms with Gasteiger partial charge < -0.3 is 8.92 Å². The molecule has 1 aromatic carbocycles. The van der Waals surface area contributed by atoms with Crippen LogP contribution in [-0.2, 0) is 14.9 Å². The Labute approximate surface area is 129 Å². The zero-order chi connectivity index (χ0) is 15.5. The van der Waals surface area contributed by atoms with E-state index in [0.29, 0.717) is 25.0 Å². The van der Waals surface area contributed by atoms with Gasteiger partial charge in [0.15, 0.2) is 5.75 Å². The van der Waals surface area contributed by atoms with Crippen molar-refractivity contribution in [2.24, 2.45) is 0 Å². The maximum atomic E-state index is 12.4.